The van der Waals surface area contributed by atoms with E-state index < -0.39 is 11.6 Å². The second kappa shape index (κ2) is 2.81. The third-order valence-electron chi connectivity index (χ3n) is 2.12. The van der Waals surface area contributed by atoms with Crippen LogP contribution in [0.1, 0.15) is 5.56 Å². The summed E-state index contributed by atoms with van der Waals surface area (Å²) in [6.07, 6.45) is 1.26. The van der Waals surface area contributed by atoms with Crippen LogP contribution in [-0.4, -0.2) is 17.4 Å². The number of benzene rings is 1. The number of hydrogen-bond acceptors (Lipinski definition) is 4. The average Bonchev–Trinajstić information content (AvgIpc) is 2.18. The maximum absolute atomic E-state index is 11.1. The number of carbonyl (C=O) groups is 1. The van der Waals surface area contributed by atoms with E-state index in [1.165, 1.54) is 6.34 Å². The van der Waals surface area contributed by atoms with Crippen molar-refractivity contribution in [2.75, 3.05) is 5.32 Å². The molecule has 1 aromatic carbocycles. The summed E-state index contributed by atoms with van der Waals surface area (Å²) < 4.78 is 0. The molecule has 72 valence electrons. The maximum atomic E-state index is 11.1. The van der Waals surface area contributed by atoms with Crippen molar-refractivity contribution >= 4 is 17.9 Å². The van der Waals surface area contributed by atoms with E-state index in [-0.39, 0.29) is 0 Å². The van der Waals surface area contributed by atoms with Gasteiger partial charge in [-0.15, -0.1) is 0 Å². The molecule has 1 aromatic rings. The summed E-state index contributed by atoms with van der Waals surface area (Å²) in [5.74, 6) is -0.886. The molecule has 5 nitrogen and oxygen atoms in total. The number of anilines is 1. The van der Waals surface area contributed by atoms with Crippen LogP contribution >= 0.6 is 0 Å². The van der Waals surface area contributed by atoms with Crippen molar-refractivity contribution in [3.8, 4) is 0 Å². The summed E-state index contributed by atoms with van der Waals surface area (Å²) in [7, 11) is 0. The number of rotatable bonds is 1. The molecule has 0 aliphatic carbocycles. The summed E-state index contributed by atoms with van der Waals surface area (Å²) >= 11 is 0. The van der Waals surface area contributed by atoms with Gasteiger partial charge < -0.3 is 16.2 Å². The van der Waals surface area contributed by atoms with Gasteiger partial charge in [-0.25, -0.2) is 4.99 Å². The number of fused-ring (bicyclic) bond motifs is 1. The van der Waals surface area contributed by atoms with Crippen LogP contribution in [0, 0.1) is 0 Å². The zero-order valence-corrected chi connectivity index (χ0v) is 7.27. The molecule has 2 rings (SSSR count). The largest absolute Gasteiger partial charge is 0.365 e. The van der Waals surface area contributed by atoms with Gasteiger partial charge in [0.25, 0.3) is 11.6 Å². The van der Waals surface area contributed by atoms with Crippen molar-refractivity contribution in [3.63, 3.8) is 0 Å². The van der Waals surface area contributed by atoms with E-state index in [2.05, 4.69) is 10.3 Å². The number of amides is 1. The Hall–Kier alpha value is -1.88. The molecule has 1 amide bonds. The van der Waals surface area contributed by atoms with E-state index in [4.69, 9.17) is 5.73 Å². The highest BCUT2D eigenvalue weighted by molar-refractivity contribution is 5.93. The quantitative estimate of drug-likeness (QED) is 0.573. The molecule has 0 spiro atoms. The van der Waals surface area contributed by atoms with E-state index in [1.807, 2.05) is 0 Å². The molecule has 14 heavy (non-hydrogen) atoms. The fraction of sp³-hybridized carbons (Fsp3) is 0.111. The first-order valence-corrected chi connectivity index (χ1v) is 4.06. The SMILES string of the molecule is NC(=O)C1(O)N=CNc2ccccc21. The normalized spacial score (nSPS) is 23.8. The number of para-hydroxylation sites is 1. The highest BCUT2D eigenvalue weighted by atomic mass is 16.3. The first kappa shape index (κ1) is 8.71. The van der Waals surface area contributed by atoms with Gasteiger partial charge in [0.2, 0.25) is 0 Å². The van der Waals surface area contributed by atoms with Gasteiger partial charge in [-0.1, -0.05) is 18.2 Å². The minimum atomic E-state index is -1.94. The fourth-order valence-corrected chi connectivity index (χ4v) is 1.37. The van der Waals surface area contributed by atoms with Crippen LogP contribution in [0.3, 0.4) is 0 Å². The van der Waals surface area contributed by atoms with Crippen molar-refractivity contribution < 1.29 is 9.90 Å². The Morgan fingerprint density at radius 2 is 2.21 bits per heavy atom. The topological polar surface area (TPSA) is 87.7 Å². The monoisotopic (exact) mass is 191 g/mol. The highest BCUT2D eigenvalue weighted by Gasteiger charge is 2.38. The summed E-state index contributed by atoms with van der Waals surface area (Å²) in [4.78, 5) is 14.7. The van der Waals surface area contributed by atoms with Crippen LogP contribution in [0.4, 0.5) is 5.69 Å². The molecule has 0 bridgehead atoms. The Kier molecular flexibility index (Phi) is 1.75. The smallest absolute Gasteiger partial charge is 0.277 e. The molecular weight excluding hydrogens is 182 g/mol. The lowest BCUT2D eigenvalue weighted by Gasteiger charge is -2.26. The van der Waals surface area contributed by atoms with Crippen molar-refractivity contribution in [3.05, 3.63) is 29.8 Å². The van der Waals surface area contributed by atoms with Gasteiger partial charge in [-0.2, -0.15) is 0 Å². The second-order valence-corrected chi connectivity index (χ2v) is 2.98. The molecule has 1 aliphatic rings. The number of aliphatic imine (C=N–C) groups is 1. The van der Waals surface area contributed by atoms with Crippen LogP contribution in [0.15, 0.2) is 29.3 Å². The molecule has 0 fully saturated rings. The van der Waals surface area contributed by atoms with Gasteiger partial charge in [-0.3, -0.25) is 4.79 Å². The Morgan fingerprint density at radius 1 is 1.50 bits per heavy atom. The third kappa shape index (κ3) is 1.06. The highest BCUT2D eigenvalue weighted by Crippen LogP contribution is 2.31. The van der Waals surface area contributed by atoms with E-state index in [0.29, 0.717) is 11.3 Å². The van der Waals surface area contributed by atoms with Crippen molar-refractivity contribution in [2.24, 2.45) is 10.7 Å². The summed E-state index contributed by atoms with van der Waals surface area (Å²) in [5, 5.41) is 12.7. The molecule has 1 heterocycles. The van der Waals surface area contributed by atoms with Gasteiger partial charge in [0.05, 0.1) is 6.34 Å². The Labute approximate surface area is 80.3 Å². The second-order valence-electron chi connectivity index (χ2n) is 2.98. The Balaban J connectivity index is 2.61. The van der Waals surface area contributed by atoms with Crippen molar-refractivity contribution in [2.45, 2.75) is 5.72 Å². The van der Waals surface area contributed by atoms with E-state index >= 15 is 0 Å². The number of carbonyl (C=O) groups excluding carboxylic acids is 1. The number of primary amides is 1. The van der Waals surface area contributed by atoms with Crippen LogP contribution in [0.5, 0.6) is 0 Å². The van der Waals surface area contributed by atoms with Gasteiger partial charge in [0.15, 0.2) is 0 Å². The van der Waals surface area contributed by atoms with Crippen molar-refractivity contribution in [1.82, 2.24) is 0 Å². The average molecular weight is 191 g/mol. The maximum Gasteiger partial charge on any atom is 0.277 e. The summed E-state index contributed by atoms with van der Waals surface area (Å²) in [6, 6.07) is 6.82. The summed E-state index contributed by atoms with van der Waals surface area (Å²) in [6.45, 7) is 0. The zero-order valence-electron chi connectivity index (χ0n) is 7.27. The van der Waals surface area contributed by atoms with Crippen LogP contribution in [-0.2, 0) is 10.5 Å². The van der Waals surface area contributed by atoms with Gasteiger partial charge in [-0.05, 0) is 6.07 Å². The minimum absolute atomic E-state index is 0.370. The first-order chi connectivity index (χ1) is 6.64. The van der Waals surface area contributed by atoms with Gasteiger partial charge in [0, 0.05) is 11.3 Å². The first-order valence-electron chi connectivity index (χ1n) is 4.06. The molecule has 1 atom stereocenters. The molecule has 1 aliphatic heterocycles. The van der Waals surface area contributed by atoms with Crippen LogP contribution in [0.25, 0.3) is 0 Å². The lowest BCUT2D eigenvalue weighted by molar-refractivity contribution is -0.136. The molecule has 0 radical (unpaired) electrons. The molecule has 5 heteroatoms. The lowest BCUT2D eigenvalue weighted by atomic mass is 9.99. The number of nitrogens with one attached hydrogen (secondary N) is 1. The molecule has 4 N–H and O–H groups in total. The molecule has 1 unspecified atom stereocenters. The minimum Gasteiger partial charge on any atom is -0.365 e. The third-order valence-corrected chi connectivity index (χ3v) is 2.12. The number of hydrogen-bond donors (Lipinski definition) is 3. The predicted molar refractivity (Wildman–Crippen MR) is 51.6 cm³/mol. The Bertz CT molecular complexity index is 416. The zero-order chi connectivity index (χ0) is 10.2. The van der Waals surface area contributed by atoms with Crippen molar-refractivity contribution in [1.29, 1.82) is 0 Å². The van der Waals surface area contributed by atoms with Gasteiger partial charge >= 0.3 is 0 Å². The van der Waals surface area contributed by atoms with Gasteiger partial charge in [0.1, 0.15) is 0 Å². The van der Waals surface area contributed by atoms with E-state index in [1.54, 1.807) is 24.3 Å². The molecule has 0 aromatic heterocycles. The predicted octanol–water partition coefficient (Wildman–Crippen LogP) is -0.229. The number of aliphatic hydroxyl groups is 1. The van der Waals surface area contributed by atoms with Crippen LogP contribution in [0.2, 0.25) is 0 Å². The number of nitrogens with two attached hydrogens (primary N) is 1. The lowest BCUT2D eigenvalue weighted by Crippen LogP contribution is -2.42. The molecule has 0 saturated heterocycles. The number of nitrogens with zero attached hydrogens (tertiary/aromatic N) is 1. The van der Waals surface area contributed by atoms with E-state index in [9.17, 15) is 9.90 Å². The Morgan fingerprint density at radius 3 is 2.93 bits per heavy atom. The van der Waals surface area contributed by atoms with Crippen LogP contribution < -0.4 is 11.1 Å². The molecular formula is C9H9N3O2. The standard InChI is InChI=1S/C9H9N3O2/c10-8(13)9(14)6-3-1-2-4-7(6)11-5-12-9/h1-5,14H,(H2,10,13)(H,11,12). The fourth-order valence-electron chi connectivity index (χ4n) is 1.37. The van der Waals surface area contributed by atoms with E-state index in [0.717, 1.165) is 0 Å². The molecule has 0 saturated carbocycles. The summed E-state index contributed by atoms with van der Waals surface area (Å²) in [5.41, 5.74) is 4.14.